The molecule has 0 spiro atoms. The highest BCUT2D eigenvalue weighted by Crippen LogP contribution is 2.07. The molecule has 1 unspecified atom stereocenters. The smallest absolute Gasteiger partial charge is 0.0634 e. The summed E-state index contributed by atoms with van der Waals surface area (Å²) in [7, 11) is 0. The number of nitrogens with zero attached hydrogens (tertiary/aromatic N) is 1. The van der Waals surface area contributed by atoms with Crippen molar-refractivity contribution in [2.45, 2.75) is 13.0 Å². The van der Waals surface area contributed by atoms with E-state index in [-0.39, 0.29) is 0 Å². The summed E-state index contributed by atoms with van der Waals surface area (Å²) < 4.78 is 5.38. The maximum Gasteiger partial charge on any atom is 0.0634 e. The van der Waals surface area contributed by atoms with Crippen LogP contribution in [0.15, 0.2) is 0 Å². The van der Waals surface area contributed by atoms with Crippen LogP contribution in [0.4, 0.5) is 0 Å². The maximum absolute atomic E-state index is 5.67. The van der Waals surface area contributed by atoms with Crippen molar-refractivity contribution in [2.75, 3.05) is 44.4 Å². The van der Waals surface area contributed by atoms with Gasteiger partial charge in [-0.05, 0) is 5.75 Å². The molecule has 3 nitrogen and oxygen atoms in total. The lowest BCUT2D eigenvalue weighted by molar-refractivity contribution is -0.000580. The van der Waals surface area contributed by atoms with E-state index in [2.05, 4.69) is 11.8 Å². The van der Waals surface area contributed by atoms with Crippen LogP contribution < -0.4 is 5.73 Å². The molecule has 0 radical (unpaired) electrons. The second-order valence-electron chi connectivity index (χ2n) is 3.20. The number of rotatable bonds is 5. The molecule has 0 aliphatic carbocycles. The molecule has 1 saturated heterocycles. The third kappa shape index (κ3) is 3.85. The molecule has 0 aromatic carbocycles. The molecule has 0 saturated carbocycles. The predicted molar refractivity (Wildman–Crippen MR) is 58.2 cm³/mol. The molecular weight excluding hydrogens is 184 g/mol. The van der Waals surface area contributed by atoms with Crippen molar-refractivity contribution in [3.8, 4) is 0 Å². The monoisotopic (exact) mass is 204 g/mol. The van der Waals surface area contributed by atoms with Crippen molar-refractivity contribution in [1.29, 1.82) is 0 Å². The molecule has 78 valence electrons. The Bertz CT molecular complexity index is 135. The summed E-state index contributed by atoms with van der Waals surface area (Å²) in [5.41, 5.74) is 5.67. The molecule has 0 aromatic heterocycles. The Labute approximate surface area is 85.0 Å². The Morgan fingerprint density at radius 1 is 1.62 bits per heavy atom. The molecule has 1 heterocycles. The fourth-order valence-electron chi connectivity index (χ4n) is 1.53. The van der Waals surface area contributed by atoms with Crippen LogP contribution in [-0.2, 0) is 4.74 Å². The summed E-state index contributed by atoms with van der Waals surface area (Å²) >= 11 is 1.99. The molecule has 0 amide bonds. The van der Waals surface area contributed by atoms with Gasteiger partial charge in [-0.1, -0.05) is 6.92 Å². The fourth-order valence-corrected chi connectivity index (χ4v) is 2.18. The van der Waals surface area contributed by atoms with E-state index in [1.165, 1.54) is 11.5 Å². The average Bonchev–Trinajstić information content (AvgIpc) is 2.19. The Morgan fingerprint density at radius 2 is 2.46 bits per heavy atom. The van der Waals surface area contributed by atoms with Crippen LogP contribution >= 0.6 is 11.8 Å². The minimum Gasteiger partial charge on any atom is -0.378 e. The van der Waals surface area contributed by atoms with Crippen LogP contribution in [-0.4, -0.2) is 55.3 Å². The number of morpholine rings is 1. The van der Waals surface area contributed by atoms with Crippen molar-refractivity contribution >= 4 is 11.8 Å². The van der Waals surface area contributed by atoms with Gasteiger partial charge in [0, 0.05) is 31.4 Å². The van der Waals surface area contributed by atoms with Gasteiger partial charge in [0.2, 0.25) is 0 Å². The van der Waals surface area contributed by atoms with Gasteiger partial charge < -0.3 is 10.5 Å². The van der Waals surface area contributed by atoms with E-state index < -0.39 is 0 Å². The van der Waals surface area contributed by atoms with Crippen molar-refractivity contribution in [1.82, 2.24) is 4.90 Å². The van der Waals surface area contributed by atoms with Gasteiger partial charge in [-0.2, -0.15) is 11.8 Å². The summed E-state index contributed by atoms with van der Waals surface area (Å²) in [4.78, 5) is 2.45. The van der Waals surface area contributed by atoms with Gasteiger partial charge in [-0.25, -0.2) is 0 Å². The second kappa shape index (κ2) is 6.65. The molecule has 1 rings (SSSR count). The largest absolute Gasteiger partial charge is 0.378 e. The molecule has 1 atom stereocenters. The molecule has 2 N–H and O–H groups in total. The summed E-state index contributed by atoms with van der Waals surface area (Å²) in [6.45, 7) is 6.80. The highest BCUT2D eigenvalue weighted by atomic mass is 32.2. The lowest BCUT2D eigenvalue weighted by Crippen LogP contribution is -2.50. The minimum atomic E-state index is 0.450. The zero-order chi connectivity index (χ0) is 9.52. The molecular formula is C9H20N2OS. The van der Waals surface area contributed by atoms with Crippen molar-refractivity contribution in [3.05, 3.63) is 0 Å². The SMILES string of the molecule is CCSCCN1CCOCC1CN. The van der Waals surface area contributed by atoms with Crippen LogP contribution in [0.1, 0.15) is 6.92 Å². The lowest BCUT2D eigenvalue weighted by atomic mass is 10.2. The summed E-state index contributed by atoms with van der Waals surface area (Å²) in [6, 6.07) is 0.450. The Hall–Kier alpha value is 0.230. The van der Waals surface area contributed by atoms with Gasteiger partial charge in [0.1, 0.15) is 0 Å². The van der Waals surface area contributed by atoms with Crippen molar-refractivity contribution < 1.29 is 4.74 Å². The Kier molecular flexibility index (Phi) is 5.78. The van der Waals surface area contributed by atoms with Crippen LogP contribution in [0, 0.1) is 0 Å². The van der Waals surface area contributed by atoms with E-state index in [9.17, 15) is 0 Å². The van der Waals surface area contributed by atoms with Crippen LogP contribution in [0.2, 0.25) is 0 Å². The molecule has 1 aliphatic heterocycles. The van der Waals surface area contributed by atoms with Gasteiger partial charge in [0.25, 0.3) is 0 Å². The van der Waals surface area contributed by atoms with E-state index >= 15 is 0 Å². The molecule has 0 bridgehead atoms. The summed E-state index contributed by atoms with van der Waals surface area (Å²) in [5, 5.41) is 0. The third-order valence-electron chi connectivity index (χ3n) is 2.35. The lowest BCUT2D eigenvalue weighted by Gasteiger charge is -2.34. The zero-order valence-electron chi connectivity index (χ0n) is 8.37. The normalized spacial score (nSPS) is 24.9. The standard InChI is InChI=1S/C9H20N2OS/c1-2-13-6-4-11-3-5-12-8-9(11)7-10/h9H,2-8,10H2,1H3. The van der Waals surface area contributed by atoms with Crippen LogP contribution in [0.3, 0.4) is 0 Å². The predicted octanol–water partition coefficient (Wildman–Crippen LogP) is 0.399. The van der Waals surface area contributed by atoms with Crippen LogP contribution in [0.25, 0.3) is 0 Å². The van der Waals surface area contributed by atoms with Crippen LogP contribution in [0.5, 0.6) is 0 Å². The van der Waals surface area contributed by atoms with Gasteiger partial charge in [0.15, 0.2) is 0 Å². The van der Waals surface area contributed by atoms with Gasteiger partial charge in [-0.3, -0.25) is 4.90 Å². The number of ether oxygens (including phenoxy) is 1. The summed E-state index contributed by atoms with van der Waals surface area (Å²) in [5.74, 6) is 2.42. The molecule has 1 aliphatic rings. The first kappa shape index (κ1) is 11.3. The van der Waals surface area contributed by atoms with Gasteiger partial charge >= 0.3 is 0 Å². The number of nitrogens with two attached hydrogens (primary N) is 1. The number of hydrogen-bond donors (Lipinski definition) is 1. The molecule has 1 fully saturated rings. The average molecular weight is 204 g/mol. The van der Waals surface area contributed by atoms with E-state index in [1.54, 1.807) is 0 Å². The maximum atomic E-state index is 5.67. The second-order valence-corrected chi connectivity index (χ2v) is 4.59. The zero-order valence-corrected chi connectivity index (χ0v) is 9.18. The number of thioether (sulfide) groups is 1. The topological polar surface area (TPSA) is 38.5 Å². The quantitative estimate of drug-likeness (QED) is 0.658. The molecule has 0 aromatic rings. The van der Waals surface area contributed by atoms with E-state index in [4.69, 9.17) is 10.5 Å². The van der Waals surface area contributed by atoms with Crippen molar-refractivity contribution in [3.63, 3.8) is 0 Å². The summed E-state index contributed by atoms with van der Waals surface area (Å²) in [6.07, 6.45) is 0. The van der Waals surface area contributed by atoms with Gasteiger partial charge in [-0.15, -0.1) is 0 Å². The first-order valence-electron chi connectivity index (χ1n) is 4.98. The molecule has 4 heteroatoms. The Morgan fingerprint density at radius 3 is 3.15 bits per heavy atom. The highest BCUT2D eigenvalue weighted by molar-refractivity contribution is 7.99. The molecule has 13 heavy (non-hydrogen) atoms. The van der Waals surface area contributed by atoms with Gasteiger partial charge in [0.05, 0.1) is 13.2 Å². The first-order valence-corrected chi connectivity index (χ1v) is 6.13. The third-order valence-corrected chi connectivity index (χ3v) is 3.23. The van der Waals surface area contributed by atoms with E-state index in [0.717, 1.165) is 32.8 Å². The minimum absolute atomic E-state index is 0.450. The highest BCUT2D eigenvalue weighted by Gasteiger charge is 2.20. The van der Waals surface area contributed by atoms with E-state index in [1.807, 2.05) is 11.8 Å². The number of hydrogen-bond acceptors (Lipinski definition) is 4. The first-order chi connectivity index (χ1) is 6.38. The van der Waals surface area contributed by atoms with E-state index in [0.29, 0.717) is 6.04 Å². The fraction of sp³-hybridized carbons (Fsp3) is 1.00. The van der Waals surface area contributed by atoms with Crippen molar-refractivity contribution in [2.24, 2.45) is 5.73 Å². The Balaban J connectivity index is 2.19.